The van der Waals surface area contributed by atoms with Crippen molar-refractivity contribution >= 4 is 36.8 Å². The highest BCUT2D eigenvalue weighted by atomic mass is 32.4. The van der Waals surface area contributed by atoms with E-state index in [9.17, 15) is 9.59 Å². The summed E-state index contributed by atoms with van der Waals surface area (Å²) in [6, 6.07) is 4.92. The lowest BCUT2D eigenvalue weighted by atomic mass is 10.1. The van der Waals surface area contributed by atoms with Crippen molar-refractivity contribution < 1.29 is 23.4 Å². The topological polar surface area (TPSA) is 99.9 Å². The summed E-state index contributed by atoms with van der Waals surface area (Å²) in [7, 11) is -1.23. The Kier molecular flexibility index (Phi) is 12.0. The highest BCUT2D eigenvalue weighted by Crippen LogP contribution is 2.26. The summed E-state index contributed by atoms with van der Waals surface area (Å²) in [6.07, 6.45) is 11.6. The molecule has 0 aromatic heterocycles. The van der Waals surface area contributed by atoms with Crippen LogP contribution in [0.2, 0.25) is 0 Å². The number of unbranched alkanes of at least 4 members (excludes halogenated alkanes) is 3. The van der Waals surface area contributed by atoms with E-state index in [1.807, 2.05) is 18.2 Å². The van der Waals surface area contributed by atoms with Gasteiger partial charge in [-0.3, -0.25) is 9.59 Å². The average Bonchev–Trinajstić information content (AvgIpc) is 2.72. The number of amides is 1. The second-order valence-electron chi connectivity index (χ2n) is 7.06. The van der Waals surface area contributed by atoms with Gasteiger partial charge >= 0.3 is 7.15 Å². The minimum atomic E-state index is -1.23. The number of carbonyl (C=O) groups excluding carboxylic acids is 2. The van der Waals surface area contributed by atoms with Crippen molar-refractivity contribution in [2.24, 2.45) is 0 Å². The largest absolute Gasteiger partial charge is 0.522 e. The molecule has 1 aromatic carbocycles. The van der Waals surface area contributed by atoms with E-state index in [2.05, 4.69) is 5.32 Å². The fraction of sp³-hybridized carbons (Fsp3) is 0.455. The van der Waals surface area contributed by atoms with E-state index in [1.165, 1.54) is 0 Å². The van der Waals surface area contributed by atoms with Crippen LogP contribution in [0.3, 0.4) is 0 Å². The average molecular weight is 466 g/mol. The van der Waals surface area contributed by atoms with Crippen LogP contribution in [0.4, 0.5) is 5.69 Å². The van der Waals surface area contributed by atoms with Crippen LogP contribution in [0.5, 0.6) is 5.75 Å². The summed E-state index contributed by atoms with van der Waals surface area (Å²) in [4.78, 5) is 22.6. The van der Waals surface area contributed by atoms with Crippen molar-refractivity contribution in [2.45, 2.75) is 38.5 Å². The zero-order chi connectivity index (χ0) is 22.3. The van der Waals surface area contributed by atoms with Gasteiger partial charge in [-0.2, -0.15) is 0 Å². The predicted octanol–water partition coefficient (Wildman–Crippen LogP) is 4.22. The van der Waals surface area contributed by atoms with Crippen molar-refractivity contribution in [2.75, 3.05) is 32.1 Å². The first-order valence-electron chi connectivity index (χ1n) is 10.4. The van der Waals surface area contributed by atoms with Crippen LogP contribution < -0.4 is 15.8 Å². The first kappa shape index (κ1) is 25.1. The Morgan fingerprint density at radius 3 is 2.65 bits per heavy atom. The SMILES string of the molecule is Nc1cc(OCCCC(=O)NCCCCCCO[P+](=S)OCC2=CC=C2)ccc1C=O. The molecule has 0 heterocycles. The Labute approximate surface area is 189 Å². The first-order chi connectivity index (χ1) is 15.1. The molecule has 168 valence electrons. The monoisotopic (exact) mass is 465 g/mol. The van der Waals surface area contributed by atoms with Crippen molar-refractivity contribution in [3.8, 4) is 5.75 Å². The van der Waals surface area contributed by atoms with E-state index >= 15 is 0 Å². The first-order valence-corrected chi connectivity index (χ1v) is 12.6. The van der Waals surface area contributed by atoms with Crippen molar-refractivity contribution in [3.63, 3.8) is 0 Å². The number of benzene rings is 1. The van der Waals surface area contributed by atoms with Gasteiger partial charge in [-0.15, -0.1) is 9.05 Å². The molecule has 2 rings (SSSR count). The Morgan fingerprint density at radius 2 is 1.94 bits per heavy atom. The molecule has 9 heteroatoms. The standard InChI is InChI=1S/C22H29N2O5PS/c23-21-15-20(11-10-19(21)16-25)27-13-6-9-22(26)24-12-3-1-2-4-14-28-30(31)29-17-18-7-5-8-18/h5,7-8,10-11,15-16H,1-4,6,9,12-14,17H2,(H2-,23,24,25,26)/p+1. The number of nitrogens with two attached hydrogens (primary N) is 1. The van der Waals surface area contributed by atoms with Gasteiger partial charge in [-0.25, -0.2) is 0 Å². The number of hydrogen-bond donors (Lipinski definition) is 2. The normalized spacial score (nSPS) is 12.6. The van der Waals surface area contributed by atoms with Crippen LogP contribution in [0, 0.1) is 0 Å². The van der Waals surface area contributed by atoms with E-state index in [-0.39, 0.29) is 5.91 Å². The van der Waals surface area contributed by atoms with E-state index in [4.69, 9.17) is 31.3 Å². The molecule has 1 aromatic rings. The summed E-state index contributed by atoms with van der Waals surface area (Å²) in [5.74, 6) is 0.614. The molecule has 1 unspecified atom stereocenters. The Bertz CT molecular complexity index is 813. The van der Waals surface area contributed by atoms with Gasteiger partial charge in [0.25, 0.3) is 0 Å². The minimum Gasteiger partial charge on any atom is -0.494 e. The summed E-state index contributed by atoms with van der Waals surface area (Å²) in [5.41, 5.74) is 7.70. The zero-order valence-electron chi connectivity index (χ0n) is 17.6. The summed E-state index contributed by atoms with van der Waals surface area (Å²) >= 11 is 5.16. The number of ether oxygens (including phenoxy) is 1. The third kappa shape index (κ3) is 10.6. The maximum absolute atomic E-state index is 11.9. The van der Waals surface area contributed by atoms with Crippen molar-refractivity contribution in [1.29, 1.82) is 0 Å². The molecule has 1 amide bonds. The molecule has 0 radical (unpaired) electrons. The lowest BCUT2D eigenvalue weighted by molar-refractivity contribution is -0.121. The fourth-order valence-electron chi connectivity index (χ4n) is 2.70. The van der Waals surface area contributed by atoms with E-state index in [0.717, 1.165) is 31.3 Å². The Hall–Kier alpha value is -2.12. The minimum absolute atomic E-state index is 0.0214. The third-order valence-corrected chi connectivity index (χ3v) is 5.92. The number of anilines is 1. The molecular formula is C22H30N2O5PS+. The van der Waals surface area contributed by atoms with Crippen molar-refractivity contribution in [1.82, 2.24) is 5.32 Å². The maximum Gasteiger partial charge on any atom is 0.522 e. The molecule has 0 fully saturated rings. The second-order valence-corrected chi connectivity index (χ2v) is 8.91. The molecule has 7 nitrogen and oxygen atoms in total. The predicted molar refractivity (Wildman–Crippen MR) is 126 cm³/mol. The van der Waals surface area contributed by atoms with Gasteiger partial charge in [0.2, 0.25) is 17.7 Å². The molecule has 0 bridgehead atoms. The third-order valence-electron chi connectivity index (χ3n) is 4.55. The number of allylic oxidation sites excluding steroid dienone is 2. The molecule has 1 aliphatic carbocycles. The molecule has 1 aliphatic rings. The quantitative estimate of drug-likeness (QED) is 0.154. The van der Waals surface area contributed by atoms with Gasteiger partial charge in [0, 0.05) is 30.3 Å². The maximum atomic E-state index is 11.9. The summed E-state index contributed by atoms with van der Waals surface area (Å²) in [5, 5.41) is 2.92. The molecule has 0 saturated carbocycles. The van der Waals surface area contributed by atoms with Crippen LogP contribution in [-0.4, -0.2) is 38.6 Å². The fourth-order valence-corrected chi connectivity index (χ4v) is 3.69. The smallest absolute Gasteiger partial charge is 0.494 e. The van der Waals surface area contributed by atoms with E-state index < -0.39 is 7.15 Å². The highest BCUT2D eigenvalue weighted by molar-refractivity contribution is 8.00. The number of nitrogens with one attached hydrogen (secondary N) is 1. The summed E-state index contributed by atoms with van der Waals surface area (Å²) in [6.45, 7) is 2.22. The molecule has 1 atom stereocenters. The molecule has 0 aliphatic heterocycles. The number of aldehydes is 1. The van der Waals surface area contributed by atoms with Gasteiger partial charge in [-0.05, 0) is 37.0 Å². The van der Waals surface area contributed by atoms with Crippen LogP contribution in [0.15, 0.2) is 42.0 Å². The number of rotatable bonds is 17. The molecular weight excluding hydrogens is 435 g/mol. The summed E-state index contributed by atoms with van der Waals surface area (Å²) < 4.78 is 16.5. The van der Waals surface area contributed by atoms with Gasteiger partial charge in [-0.1, -0.05) is 31.1 Å². The van der Waals surface area contributed by atoms with Gasteiger partial charge in [0.15, 0.2) is 6.29 Å². The van der Waals surface area contributed by atoms with Crippen molar-refractivity contribution in [3.05, 3.63) is 47.6 Å². The Morgan fingerprint density at radius 1 is 1.13 bits per heavy atom. The number of carbonyl (C=O) groups is 2. The van der Waals surface area contributed by atoms with Gasteiger partial charge < -0.3 is 15.8 Å². The van der Waals surface area contributed by atoms with Crippen LogP contribution >= 0.6 is 7.15 Å². The van der Waals surface area contributed by atoms with Gasteiger partial charge in [0.05, 0.1) is 6.61 Å². The number of nitrogen functional groups attached to an aromatic ring is 1. The van der Waals surface area contributed by atoms with E-state index in [1.54, 1.807) is 18.2 Å². The molecule has 31 heavy (non-hydrogen) atoms. The lowest BCUT2D eigenvalue weighted by Gasteiger charge is -2.08. The van der Waals surface area contributed by atoms with Crippen LogP contribution in [0.25, 0.3) is 0 Å². The highest BCUT2D eigenvalue weighted by Gasteiger charge is 2.15. The lowest BCUT2D eigenvalue weighted by Crippen LogP contribution is -2.24. The zero-order valence-corrected chi connectivity index (χ0v) is 19.3. The Balaban J connectivity index is 1.38. The van der Waals surface area contributed by atoms with E-state index in [0.29, 0.717) is 62.5 Å². The van der Waals surface area contributed by atoms with Crippen LogP contribution in [-0.2, 0) is 25.6 Å². The number of hydrogen-bond acceptors (Lipinski definition) is 7. The van der Waals surface area contributed by atoms with Crippen LogP contribution in [0.1, 0.15) is 48.9 Å². The molecule has 0 saturated heterocycles. The second kappa shape index (κ2) is 14.8. The van der Waals surface area contributed by atoms with Gasteiger partial charge in [0.1, 0.15) is 19.0 Å². The molecule has 0 spiro atoms. The molecule has 3 N–H and O–H groups in total.